The molecule has 3 heterocycles. The molecule has 2 aromatic heterocycles. The van der Waals surface area contributed by atoms with Gasteiger partial charge in [0.1, 0.15) is 9.84 Å². The zero-order valence-corrected chi connectivity index (χ0v) is 16.6. The fraction of sp³-hybridized carbons (Fsp3) is 0.381. The number of nitrogens with one attached hydrogen (secondary N) is 1. The Bertz CT molecular complexity index is 1070. The first kappa shape index (κ1) is 18.0. The molecule has 4 rings (SSSR count). The summed E-state index contributed by atoms with van der Waals surface area (Å²) < 4.78 is 23.2. The minimum Gasteiger partial charge on any atom is -0.358 e. The van der Waals surface area contributed by atoms with Crippen molar-refractivity contribution in [2.24, 2.45) is 5.92 Å². The molecule has 0 aliphatic carbocycles. The molecule has 5 nitrogen and oxygen atoms in total. The van der Waals surface area contributed by atoms with Gasteiger partial charge in [-0.05, 0) is 41.5 Å². The van der Waals surface area contributed by atoms with Crippen molar-refractivity contribution in [2.75, 3.05) is 23.5 Å². The van der Waals surface area contributed by atoms with Crippen molar-refractivity contribution >= 4 is 26.6 Å². The molecule has 27 heavy (non-hydrogen) atoms. The molecule has 0 saturated heterocycles. The molecular weight excluding hydrogens is 358 g/mol. The SMILES string of the molecule is CC(Cc1cnc(N2CCc3ccccc3C2)c2[nH]ccc12)CS(C)(=O)=O. The van der Waals surface area contributed by atoms with Crippen LogP contribution in [0.4, 0.5) is 5.82 Å². The zero-order chi connectivity index (χ0) is 19.0. The van der Waals surface area contributed by atoms with Crippen molar-refractivity contribution in [2.45, 2.75) is 26.3 Å². The minimum atomic E-state index is -2.97. The van der Waals surface area contributed by atoms with Crippen LogP contribution >= 0.6 is 0 Å². The van der Waals surface area contributed by atoms with Gasteiger partial charge in [-0.1, -0.05) is 31.2 Å². The summed E-state index contributed by atoms with van der Waals surface area (Å²) >= 11 is 0. The van der Waals surface area contributed by atoms with Crippen molar-refractivity contribution in [1.29, 1.82) is 0 Å². The third-order valence-electron chi connectivity index (χ3n) is 5.25. The molecule has 1 unspecified atom stereocenters. The lowest BCUT2D eigenvalue weighted by atomic mass is 9.99. The Morgan fingerprint density at radius 2 is 2.00 bits per heavy atom. The molecule has 3 aromatic rings. The number of rotatable bonds is 5. The number of fused-ring (bicyclic) bond motifs is 2. The topological polar surface area (TPSA) is 66.1 Å². The van der Waals surface area contributed by atoms with E-state index in [0.29, 0.717) is 6.42 Å². The van der Waals surface area contributed by atoms with Crippen LogP contribution in [0, 0.1) is 5.92 Å². The average Bonchev–Trinajstić information content (AvgIpc) is 3.10. The van der Waals surface area contributed by atoms with Crippen molar-refractivity contribution in [1.82, 2.24) is 9.97 Å². The van der Waals surface area contributed by atoms with Gasteiger partial charge in [-0.25, -0.2) is 13.4 Å². The van der Waals surface area contributed by atoms with Crippen LogP contribution in [0.3, 0.4) is 0 Å². The van der Waals surface area contributed by atoms with Gasteiger partial charge in [0, 0.05) is 37.1 Å². The van der Waals surface area contributed by atoms with E-state index in [1.165, 1.54) is 17.4 Å². The molecule has 0 amide bonds. The van der Waals surface area contributed by atoms with E-state index in [9.17, 15) is 8.42 Å². The number of H-pyrrole nitrogens is 1. The highest BCUT2D eigenvalue weighted by molar-refractivity contribution is 7.90. The number of hydrogen-bond donors (Lipinski definition) is 1. The number of aromatic amines is 1. The second-order valence-electron chi connectivity index (χ2n) is 7.72. The number of anilines is 1. The van der Waals surface area contributed by atoms with Crippen LogP contribution in [0.15, 0.2) is 42.7 Å². The number of aromatic nitrogens is 2. The molecular formula is C21H25N3O2S. The monoisotopic (exact) mass is 383 g/mol. The van der Waals surface area contributed by atoms with Gasteiger partial charge in [0.05, 0.1) is 11.3 Å². The van der Waals surface area contributed by atoms with Gasteiger partial charge in [-0.15, -0.1) is 0 Å². The van der Waals surface area contributed by atoms with Gasteiger partial charge in [0.25, 0.3) is 0 Å². The average molecular weight is 384 g/mol. The van der Waals surface area contributed by atoms with Gasteiger partial charge in [0.2, 0.25) is 0 Å². The summed E-state index contributed by atoms with van der Waals surface area (Å²) in [5, 5.41) is 1.14. The van der Waals surface area contributed by atoms with Crippen molar-refractivity contribution in [3.63, 3.8) is 0 Å². The molecule has 0 spiro atoms. The fourth-order valence-electron chi connectivity index (χ4n) is 4.13. The number of pyridine rings is 1. The van der Waals surface area contributed by atoms with E-state index in [2.05, 4.69) is 40.2 Å². The van der Waals surface area contributed by atoms with Crippen molar-refractivity contribution < 1.29 is 8.42 Å². The Kier molecular flexibility index (Phi) is 4.68. The number of hydrogen-bond acceptors (Lipinski definition) is 4. The van der Waals surface area contributed by atoms with Crippen LogP contribution in [0.5, 0.6) is 0 Å². The van der Waals surface area contributed by atoms with E-state index in [4.69, 9.17) is 4.98 Å². The van der Waals surface area contributed by atoms with Crippen LogP contribution in [-0.4, -0.2) is 36.9 Å². The molecule has 1 N–H and O–H groups in total. The lowest BCUT2D eigenvalue weighted by Crippen LogP contribution is -2.31. The minimum absolute atomic E-state index is 0.0626. The first-order chi connectivity index (χ1) is 12.9. The molecule has 6 heteroatoms. The lowest BCUT2D eigenvalue weighted by molar-refractivity contribution is 0.575. The van der Waals surface area contributed by atoms with Crippen molar-refractivity contribution in [3.8, 4) is 0 Å². The quantitative estimate of drug-likeness (QED) is 0.734. The Morgan fingerprint density at radius 1 is 1.22 bits per heavy atom. The summed E-state index contributed by atoms with van der Waals surface area (Å²) in [6.45, 7) is 3.79. The van der Waals surface area contributed by atoms with Gasteiger partial charge in [0.15, 0.2) is 5.82 Å². The fourth-order valence-corrected chi connectivity index (χ4v) is 5.28. The molecule has 0 bridgehead atoms. The van der Waals surface area contributed by atoms with E-state index in [1.54, 1.807) is 0 Å². The smallest absolute Gasteiger partial charge is 0.153 e. The Morgan fingerprint density at radius 3 is 2.78 bits per heavy atom. The third-order valence-corrected chi connectivity index (χ3v) is 6.42. The van der Waals surface area contributed by atoms with E-state index < -0.39 is 9.84 Å². The van der Waals surface area contributed by atoms with E-state index in [0.717, 1.165) is 41.8 Å². The predicted octanol–water partition coefficient (Wildman–Crippen LogP) is 3.35. The summed E-state index contributed by atoms with van der Waals surface area (Å²) in [5.74, 6) is 1.24. The molecule has 0 saturated carbocycles. The van der Waals surface area contributed by atoms with Gasteiger partial charge >= 0.3 is 0 Å². The highest BCUT2D eigenvalue weighted by atomic mass is 32.2. The number of sulfone groups is 1. The maximum atomic E-state index is 11.6. The second-order valence-corrected chi connectivity index (χ2v) is 9.90. The standard InChI is InChI=1S/C21H25N3O2S/c1-15(14-27(2,25)26)11-18-12-23-21(20-19(18)7-9-22-20)24-10-8-16-5-3-4-6-17(16)13-24/h3-7,9,12,15,22H,8,10-11,13-14H2,1-2H3. The Labute approximate surface area is 160 Å². The molecule has 1 atom stereocenters. The van der Waals surface area contributed by atoms with Crippen LogP contribution in [0.1, 0.15) is 23.6 Å². The Balaban J connectivity index is 1.62. The summed E-state index contributed by atoms with van der Waals surface area (Å²) in [7, 11) is -2.97. The van der Waals surface area contributed by atoms with Gasteiger partial charge in [-0.3, -0.25) is 0 Å². The summed E-state index contributed by atoms with van der Waals surface area (Å²) in [5.41, 5.74) is 4.92. The molecule has 1 aromatic carbocycles. The first-order valence-electron chi connectivity index (χ1n) is 9.35. The van der Waals surface area contributed by atoms with Crippen LogP contribution in [-0.2, 0) is 29.2 Å². The molecule has 142 valence electrons. The first-order valence-corrected chi connectivity index (χ1v) is 11.4. The lowest BCUT2D eigenvalue weighted by Gasteiger charge is -2.30. The van der Waals surface area contributed by atoms with Crippen LogP contribution < -0.4 is 4.90 Å². The molecule has 1 aliphatic heterocycles. The molecule has 0 fully saturated rings. The summed E-state index contributed by atoms with van der Waals surface area (Å²) in [6, 6.07) is 10.7. The van der Waals surface area contributed by atoms with Crippen LogP contribution in [0.25, 0.3) is 10.9 Å². The Hall–Kier alpha value is -2.34. The van der Waals surface area contributed by atoms with E-state index >= 15 is 0 Å². The second kappa shape index (κ2) is 7.00. The van der Waals surface area contributed by atoms with Gasteiger partial charge in [-0.2, -0.15) is 0 Å². The summed E-state index contributed by atoms with van der Waals surface area (Å²) in [6.07, 6.45) is 6.89. The number of nitrogens with zero attached hydrogens (tertiary/aromatic N) is 2. The maximum absolute atomic E-state index is 11.6. The maximum Gasteiger partial charge on any atom is 0.153 e. The van der Waals surface area contributed by atoms with E-state index in [1.807, 2.05) is 19.3 Å². The van der Waals surface area contributed by atoms with E-state index in [-0.39, 0.29) is 11.7 Å². The zero-order valence-electron chi connectivity index (χ0n) is 15.8. The third kappa shape index (κ3) is 3.86. The largest absolute Gasteiger partial charge is 0.358 e. The predicted molar refractivity (Wildman–Crippen MR) is 110 cm³/mol. The number of benzene rings is 1. The van der Waals surface area contributed by atoms with Gasteiger partial charge < -0.3 is 9.88 Å². The molecule has 0 radical (unpaired) electrons. The van der Waals surface area contributed by atoms with Crippen LogP contribution in [0.2, 0.25) is 0 Å². The molecule has 1 aliphatic rings. The highest BCUT2D eigenvalue weighted by Gasteiger charge is 2.21. The van der Waals surface area contributed by atoms with Crippen molar-refractivity contribution in [3.05, 3.63) is 59.4 Å². The normalized spacial score (nSPS) is 15.7. The highest BCUT2D eigenvalue weighted by Crippen LogP contribution is 2.31. The summed E-state index contributed by atoms with van der Waals surface area (Å²) in [4.78, 5) is 10.4.